The average molecular weight is 379 g/mol. The van der Waals surface area contributed by atoms with Crippen molar-refractivity contribution in [2.24, 2.45) is 0 Å². The number of ether oxygens (including phenoxy) is 1. The molecule has 0 radical (unpaired) electrons. The second kappa shape index (κ2) is 10.2. The van der Waals surface area contributed by atoms with E-state index in [-0.39, 0.29) is 12.5 Å². The molecule has 1 saturated heterocycles. The minimum Gasteiger partial charge on any atom is -0.394 e. The molecule has 0 spiro atoms. The Morgan fingerprint density at radius 3 is 2.85 bits per heavy atom. The van der Waals surface area contributed by atoms with E-state index in [4.69, 9.17) is 14.9 Å². The summed E-state index contributed by atoms with van der Waals surface area (Å²) in [6.45, 7) is 6.55. The van der Waals surface area contributed by atoms with Crippen molar-refractivity contribution >= 4 is 5.91 Å². The van der Waals surface area contributed by atoms with Crippen LogP contribution in [0.1, 0.15) is 60.8 Å². The Hall–Kier alpha value is -1.44. The van der Waals surface area contributed by atoms with Gasteiger partial charge in [0.1, 0.15) is 0 Å². The molecule has 27 heavy (non-hydrogen) atoms. The Bertz CT molecular complexity index is 611. The summed E-state index contributed by atoms with van der Waals surface area (Å²) in [5, 5.41) is 17.1. The van der Waals surface area contributed by atoms with Crippen LogP contribution in [0.15, 0.2) is 0 Å². The zero-order valence-corrected chi connectivity index (χ0v) is 16.6. The van der Waals surface area contributed by atoms with E-state index in [1.807, 2.05) is 4.90 Å². The van der Waals surface area contributed by atoms with Gasteiger partial charge < -0.3 is 20.1 Å². The maximum Gasteiger partial charge on any atom is 0.274 e. The van der Waals surface area contributed by atoms with E-state index in [2.05, 4.69) is 16.9 Å². The maximum absolute atomic E-state index is 13.1. The molecule has 0 bridgehead atoms. The minimum atomic E-state index is 0.0609. The van der Waals surface area contributed by atoms with Crippen LogP contribution in [0.5, 0.6) is 0 Å². The number of carbonyl (C=O) groups is 1. The Balaban J connectivity index is 1.69. The molecule has 0 saturated carbocycles. The Morgan fingerprint density at radius 1 is 1.30 bits per heavy atom. The fourth-order valence-corrected chi connectivity index (χ4v) is 4.18. The van der Waals surface area contributed by atoms with Gasteiger partial charge in [-0.2, -0.15) is 5.10 Å². The third-order valence-corrected chi connectivity index (χ3v) is 5.54. The molecule has 1 aliphatic heterocycles. The fraction of sp³-hybridized carbons (Fsp3) is 0.800. The fourth-order valence-electron chi connectivity index (χ4n) is 4.18. The van der Waals surface area contributed by atoms with E-state index in [0.717, 1.165) is 70.3 Å². The number of nitrogens with one attached hydrogen (secondary N) is 1. The van der Waals surface area contributed by atoms with Crippen LogP contribution in [-0.4, -0.2) is 71.2 Å². The van der Waals surface area contributed by atoms with Gasteiger partial charge in [-0.05, 0) is 44.9 Å². The molecule has 2 heterocycles. The zero-order chi connectivity index (χ0) is 19.1. The number of aromatic nitrogens is 2. The van der Waals surface area contributed by atoms with Gasteiger partial charge in [-0.3, -0.25) is 9.48 Å². The lowest BCUT2D eigenvalue weighted by molar-refractivity contribution is 0.0716. The SMILES string of the molecule is CCCn1nc(C(=O)N2CCCCC2)c2c1CCC(NCCOCCO)C2. The molecule has 152 valence electrons. The van der Waals surface area contributed by atoms with Crippen LogP contribution < -0.4 is 5.32 Å². The predicted molar refractivity (Wildman–Crippen MR) is 104 cm³/mol. The second-order valence-corrected chi connectivity index (χ2v) is 7.58. The van der Waals surface area contributed by atoms with Crippen LogP contribution in [0.25, 0.3) is 0 Å². The summed E-state index contributed by atoms with van der Waals surface area (Å²) in [6.07, 6.45) is 7.31. The number of aryl methyl sites for hydroxylation is 1. The smallest absolute Gasteiger partial charge is 0.274 e. The Labute approximate surface area is 162 Å². The zero-order valence-electron chi connectivity index (χ0n) is 16.6. The van der Waals surface area contributed by atoms with Crippen molar-refractivity contribution in [3.63, 3.8) is 0 Å². The van der Waals surface area contributed by atoms with Crippen molar-refractivity contribution in [1.29, 1.82) is 0 Å². The molecule has 7 heteroatoms. The molecule has 7 nitrogen and oxygen atoms in total. The highest BCUT2D eigenvalue weighted by Crippen LogP contribution is 2.27. The molecule has 3 rings (SSSR count). The van der Waals surface area contributed by atoms with Crippen molar-refractivity contribution in [1.82, 2.24) is 20.0 Å². The van der Waals surface area contributed by atoms with Crippen molar-refractivity contribution in [3.05, 3.63) is 17.0 Å². The average Bonchev–Trinajstić information content (AvgIpc) is 3.06. The molecule has 1 amide bonds. The number of hydrogen-bond donors (Lipinski definition) is 2. The molecule has 1 aromatic rings. The number of hydrogen-bond acceptors (Lipinski definition) is 5. The van der Waals surface area contributed by atoms with E-state index in [1.54, 1.807) is 0 Å². The predicted octanol–water partition coefficient (Wildman–Crippen LogP) is 1.38. The third-order valence-electron chi connectivity index (χ3n) is 5.54. The largest absolute Gasteiger partial charge is 0.394 e. The summed E-state index contributed by atoms with van der Waals surface area (Å²) in [4.78, 5) is 15.1. The van der Waals surface area contributed by atoms with Crippen LogP contribution in [0.4, 0.5) is 0 Å². The summed E-state index contributed by atoms with van der Waals surface area (Å²) in [6, 6.07) is 0.349. The summed E-state index contributed by atoms with van der Waals surface area (Å²) < 4.78 is 7.41. The molecule has 1 unspecified atom stereocenters. The first-order valence-corrected chi connectivity index (χ1v) is 10.5. The van der Waals surface area contributed by atoms with Gasteiger partial charge in [0.05, 0.1) is 19.8 Å². The monoisotopic (exact) mass is 378 g/mol. The summed E-state index contributed by atoms with van der Waals surface area (Å²) in [5.74, 6) is 0.118. The molecule has 1 atom stereocenters. The van der Waals surface area contributed by atoms with Gasteiger partial charge in [-0.25, -0.2) is 0 Å². The number of rotatable bonds is 9. The lowest BCUT2D eigenvalue weighted by Gasteiger charge is -2.27. The normalized spacial score (nSPS) is 19.9. The first-order chi connectivity index (χ1) is 13.2. The lowest BCUT2D eigenvalue weighted by atomic mass is 9.91. The molecular weight excluding hydrogens is 344 g/mol. The van der Waals surface area contributed by atoms with Crippen LogP contribution in [0.3, 0.4) is 0 Å². The highest BCUT2D eigenvalue weighted by Gasteiger charge is 2.31. The number of fused-ring (bicyclic) bond motifs is 1. The van der Waals surface area contributed by atoms with E-state index >= 15 is 0 Å². The first kappa shape index (κ1) is 20.3. The number of likely N-dealkylation sites (tertiary alicyclic amines) is 1. The van der Waals surface area contributed by atoms with Crippen molar-refractivity contribution < 1.29 is 14.6 Å². The van der Waals surface area contributed by atoms with E-state index in [0.29, 0.717) is 24.9 Å². The summed E-state index contributed by atoms with van der Waals surface area (Å²) >= 11 is 0. The highest BCUT2D eigenvalue weighted by atomic mass is 16.5. The maximum atomic E-state index is 13.1. The Morgan fingerprint density at radius 2 is 2.11 bits per heavy atom. The molecule has 1 aliphatic carbocycles. The number of aliphatic hydroxyl groups excluding tert-OH is 1. The van der Waals surface area contributed by atoms with Crippen LogP contribution in [-0.2, 0) is 24.1 Å². The number of carbonyl (C=O) groups excluding carboxylic acids is 1. The summed E-state index contributed by atoms with van der Waals surface area (Å²) in [5.41, 5.74) is 3.09. The molecule has 2 N–H and O–H groups in total. The minimum absolute atomic E-state index is 0.0609. The quantitative estimate of drug-likeness (QED) is 0.635. The van der Waals surface area contributed by atoms with E-state index < -0.39 is 0 Å². The third kappa shape index (κ3) is 5.09. The molecule has 1 aromatic heterocycles. The Kier molecular flexibility index (Phi) is 7.67. The lowest BCUT2D eigenvalue weighted by Crippen LogP contribution is -2.39. The summed E-state index contributed by atoms with van der Waals surface area (Å²) in [7, 11) is 0. The number of nitrogens with zero attached hydrogens (tertiary/aromatic N) is 3. The van der Waals surface area contributed by atoms with Gasteiger partial charge >= 0.3 is 0 Å². The highest BCUT2D eigenvalue weighted by molar-refractivity contribution is 5.94. The van der Waals surface area contributed by atoms with Crippen molar-refractivity contribution in [2.75, 3.05) is 39.5 Å². The topological polar surface area (TPSA) is 79.6 Å². The van der Waals surface area contributed by atoms with Gasteiger partial charge in [0.15, 0.2) is 5.69 Å². The van der Waals surface area contributed by atoms with Gasteiger partial charge in [0.25, 0.3) is 5.91 Å². The van der Waals surface area contributed by atoms with Crippen molar-refractivity contribution in [3.8, 4) is 0 Å². The van der Waals surface area contributed by atoms with Gasteiger partial charge in [0, 0.05) is 43.5 Å². The number of aliphatic hydroxyl groups is 1. The van der Waals surface area contributed by atoms with Crippen LogP contribution in [0, 0.1) is 0 Å². The van der Waals surface area contributed by atoms with Crippen LogP contribution >= 0.6 is 0 Å². The van der Waals surface area contributed by atoms with Crippen LogP contribution in [0.2, 0.25) is 0 Å². The molecule has 2 aliphatic rings. The van der Waals surface area contributed by atoms with Gasteiger partial charge in [-0.15, -0.1) is 0 Å². The molecule has 0 aromatic carbocycles. The number of amides is 1. The second-order valence-electron chi connectivity index (χ2n) is 7.58. The number of piperidine rings is 1. The van der Waals surface area contributed by atoms with Gasteiger partial charge in [0.2, 0.25) is 0 Å². The first-order valence-electron chi connectivity index (χ1n) is 10.5. The van der Waals surface area contributed by atoms with E-state index in [1.165, 1.54) is 12.1 Å². The van der Waals surface area contributed by atoms with Crippen molar-refractivity contribution in [2.45, 2.75) is 64.5 Å². The standard InChI is InChI=1S/C20H34N4O3/c1-2-9-24-18-7-6-16(21-8-13-27-14-12-25)15-17(18)19(22-24)20(26)23-10-4-3-5-11-23/h16,21,25H,2-15H2,1H3. The molecular formula is C20H34N4O3. The van der Waals surface area contributed by atoms with Gasteiger partial charge in [-0.1, -0.05) is 6.92 Å². The van der Waals surface area contributed by atoms with E-state index in [9.17, 15) is 4.79 Å². The molecule has 1 fully saturated rings.